The fraction of sp³-hybridized carbons (Fsp3) is 0.333. The quantitative estimate of drug-likeness (QED) is 0.736. The molecule has 0 aliphatic heterocycles. The Hall–Kier alpha value is -2.68. The highest BCUT2D eigenvalue weighted by Gasteiger charge is 2.22. The lowest BCUT2D eigenvalue weighted by molar-refractivity contribution is 0.0697. The van der Waals surface area contributed by atoms with Crippen LogP contribution in [-0.2, 0) is 13.1 Å². The van der Waals surface area contributed by atoms with Crippen molar-refractivity contribution < 1.29 is 14.7 Å². The van der Waals surface area contributed by atoms with Gasteiger partial charge in [0.05, 0.1) is 22.3 Å². The van der Waals surface area contributed by atoms with Gasteiger partial charge < -0.3 is 19.6 Å². The molecule has 0 aliphatic carbocycles. The lowest BCUT2D eigenvalue weighted by Crippen LogP contribution is -2.28. The molecule has 0 saturated carbocycles. The summed E-state index contributed by atoms with van der Waals surface area (Å²) in [5.74, 6) is -0.522. The van der Waals surface area contributed by atoms with Gasteiger partial charge in [-0.25, -0.2) is 4.79 Å². The Labute approximate surface area is 141 Å². The molecular formula is C15H17N5O3S. The van der Waals surface area contributed by atoms with Crippen LogP contribution < -0.4 is 0 Å². The van der Waals surface area contributed by atoms with Gasteiger partial charge in [0.1, 0.15) is 12.0 Å². The summed E-state index contributed by atoms with van der Waals surface area (Å²) in [6, 6.07) is 1.70. The number of fused-ring (bicyclic) bond motifs is 1. The number of nitrogens with one attached hydrogen (secondary N) is 1. The summed E-state index contributed by atoms with van der Waals surface area (Å²) in [6.45, 7) is 4.78. The number of carbonyl (C=O) groups is 2. The third kappa shape index (κ3) is 2.67. The number of carboxylic acid groups (broad SMARTS) is 1. The van der Waals surface area contributed by atoms with Crippen LogP contribution in [0.3, 0.4) is 0 Å². The molecule has 126 valence electrons. The van der Waals surface area contributed by atoms with Crippen molar-refractivity contribution in [2.75, 3.05) is 7.05 Å². The Morgan fingerprint density at radius 1 is 1.46 bits per heavy atom. The van der Waals surface area contributed by atoms with Crippen LogP contribution in [0.25, 0.3) is 10.2 Å². The van der Waals surface area contributed by atoms with Crippen molar-refractivity contribution in [2.24, 2.45) is 0 Å². The lowest BCUT2D eigenvalue weighted by Gasteiger charge is -2.16. The predicted molar refractivity (Wildman–Crippen MR) is 89.4 cm³/mol. The van der Waals surface area contributed by atoms with Crippen molar-refractivity contribution in [1.29, 1.82) is 0 Å². The van der Waals surface area contributed by atoms with E-state index in [2.05, 4.69) is 15.2 Å². The molecule has 0 bridgehead atoms. The number of H-pyrrole nitrogens is 1. The van der Waals surface area contributed by atoms with E-state index in [-0.39, 0.29) is 11.5 Å². The fourth-order valence-electron chi connectivity index (χ4n) is 2.62. The van der Waals surface area contributed by atoms with Gasteiger partial charge in [-0.2, -0.15) is 0 Å². The second-order valence-corrected chi connectivity index (χ2v) is 6.71. The zero-order valence-electron chi connectivity index (χ0n) is 13.5. The minimum absolute atomic E-state index is 0.224. The minimum Gasteiger partial charge on any atom is -0.478 e. The highest BCUT2D eigenvalue weighted by molar-refractivity contribution is 7.19. The maximum atomic E-state index is 12.6. The number of aryl methyl sites for hydroxylation is 2. The normalized spacial score (nSPS) is 11.1. The first kappa shape index (κ1) is 16.2. The van der Waals surface area contributed by atoms with Gasteiger partial charge in [0.2, 0.25) is 0 Å². The molecular weight excluding hydrogens is 330 g/mol. The second-order valence-electron chi connectivity index (χ2n) is 5.46. The van der Waals surface area contributed by atoms with Gasteiger partial charge >= 0.3 is 5.97 Å². The Balaban J connectivity index is 1.87. The Morgan fingerprint density at radius 2 is 2.21 bits per heavy atom. The number of hydrogen-bond acceptors (Lipinski definition) is 5. The topological polar surface area (TPSA) is 104 Å². The maximum Gasteiger partial charge on any atom is 0.338 e. The van der Waals surface area contributed by atoms with Crippen LogP contribution in [0.2, 0.25) is 0 Å². The van der Waals surface area contributed by atoms with Crippen LogP contribution in [-0.4, -0.2) is 48.7 Å². The second kappa shape index (κ2) is 6.08. The molecule has 9 heteroatoms. The SMILES string of the molecule is CCn1cnnc1CN(C)C(=O)c1cc2sc(C)c(C(=O)O)c2[nH]1. The number of hydrogen-bond donors (Lipinski definition) is 2. The molecule has 0 aliphatic rings. The van der Waals surface area contributed by atoms with Crippen LogP contribution in [0, 0.1) is 6.92 Å². The number of rotatable bonds is 5. The molecule has 3 rings (SSSR count). The van der Waals surface area contributed by atoms with Crippen LogP contribution in [0.4, 0.5) is 0 Å². The van der Waals surface area contributed by atoms with Gasteiger partial charge in [-0.05, 0) is 19.9 Å². The molecule has 24 heavy (non-hydrogen) atoms. The van der Waals surface area contributed by atoms with E-state index in [9.17, 15) is 14.7 Å². The number of carboxylic acids is 1. The van der Waals surface area contributed by atoms with Crippen LogP contribution in [0.15, 0.2) is 12.4 Å². The molecule has 8 nitrogen and oxygen atoms in total. The average molecular weight is 347 g/mol. The molecule has 0 spiro atoms. The molecule has 0 aromatic carbocycles. The third-order valence-corrected chi connectivity index (χ3v) is 4.90. The van der Waals surface area contributed by atoms with E-state index in [1.165, 1.54) is 16.2 Å². The van der Waals surface area contributed by atoms with Gasteiger partial charge in [0.15, 0.2) is 5.82 Å². The fourth-order valence-corrected chi connectivity index (χ4v) is 3.67. The standard InChI is InChI=1S/C15H17N5O3S/c1-4-20-7-16-18-11(20)6-19(3)14(21)9-5-10-13(17-9)12(15(22)23)8(2)24-10/h5,7,17H,4,6H2,1-3H3,(H,22,23). The molecule has 2 N–H and O–H groups in total. The van der Waals surface area contributed by atoms with E-state index in [1.54, 1.807) is 26.4 Å². The first-order valence-electron chi connectivity index (χ1n) is 7.40. The van der Waals surface area contributed by atoms with Gasteiger partial charge in [-0.1, -0.05) is 0 Å². The van der Waals surface area contributed by atoms with Crippen molar-refractivity contribution in [3.8, 4) is 0 Å². The Bertz CT molecular complexity index is 923. The van der Waals surface area contributed by atoms with Crippen molar-refractivity contribution >= 4 is 33.4 Å². The number of carbonyl (C=O) groups excluding carboxylic acids is 1. The number of aromatic carboxylic acids is 1. The highest BCUT2D eigenvalue weighted by Crippen LogP contribution is 2.31. The minimum atomic E-state index is -0.996. The van der Waals surface area contributed by atoms with Crippen LogP contribution in [0.1, 0.15) is 38.5 Å². The zero-order chi connectivity index (χ0) is 17.4. The van der Waals surface area contributed by atoms with Crippen LogP contribution in [0.5, 0.6) is 0 Å². The smallest absolute Gasteiger partial charge is 0.338 e. The van der Waals surface area contributed by atoms with Crippen molar-refractivity contribution in [1.82, 2.24) is 24.6 Å². The van der Waals surface area contributed by atoms with Crippen molar-refractivity contribution in [2.45, 2.75) is 26.9 Å². The first-order valence-corrected chi connectivity index (χ1v) is 8.21. The number of aromatic amines is 1. The Kier molecular flexibility index (Phi) is 4.10. The molecule has 3 heterocycles. The molecule has 3 aromatic rings. The summed E-state index contributed by atoms with van der Waals surface area (Å²) in [6.07, 6.45) is 1.63. The summed E-state index contributed by atoms with van der Waals surface area (Å²) >= 11 is 1.36. The molecule has 0 fully saturated rings. The number of thiophene rings is 1. The third-order valence-electron chi connectivity index (χ3n) is 3.85. The van der Waals surface area contributed by atoms with E-state index in [1.807, 2.05) is 11.5 Å². The van der Waals surface area contributed by atoms with Gasteiger partial charge in [0.25, 0.3) is 5.91 Å². The zero-order valence-corrected chi connectivity index (χ0v) is 14.3. The summed E-state index contributed by atoms with van der Waals surface area (Å²) in [5.41, 5.74) is 1.09. The van der Waals surface area contributed by atoms with Gasteiger partial charge in [-0.15, -0.1) is 21.5 Å². The van der Waals surface area contributed by atoms with Crippen molar-refractivity contribution in [3.05, 3.63) is 34.4 Å². The van der Waals surface area contributed by atoms with E-state index < -0.39 is 5.97 Å². The summed E-state index contributed by atoms with van der Waals surface area (Å²) < 4.78 is 2.63. The summed E-state index contributed by atoms with van der Waals surface area (Å²) in [7, 11) is 1.68. The predicted octanol–water partition coefficient (Wildman–Crippen LogP) is 2.12. The monoisotopic (exact) mass is 347 g/mol. The molecule has 3 aromatic heterocycles. The van der Waals surface area contributed by atoms with Gasteiger partial charge in [0, 0.05) is 18.5 Å². The average Bonchev–Trinajstić information content (AvgIpc) is 3.19. The van der Waals surface area contributed by atoms with E-state index in [4.69, 9.17) is 0 Å². The first-order chi connectivity index (χ1) is 11.4. The number of nitrogens with zero attached hydrogens (tertiary/aromatic N) is 4. The Morgan fingerprint density at radius 3 is 2.88 bits per heavy atom. The van der Waals surface area contributed by atoms with E-state index in [0.717, 1.165) is 11.2 Å². The number of aromatic nitrogens is 4. The van der Waals surface area contributed by atoms with E-state index in [0.29, 0.717) is 28.5 Å². The molecule has 0 atom stereocenters. The van der Waals surface area contributed by atoms with Crippen LogP contribution >= 0.6 is 11.3 Å². The lowest BCUT2D eigenvalue weighted by atomic mass is 10.2. The largest absolute Gasteiger partial charge is 0.478 e. The van der Waals surface area contributed by atoms with Gasteiger partial charge in [-0.3, -0.25) is 4.79 Å². The summed E-state index contributed by atoms with van der Waals surface area (Å²) in [4.78, 5) is 29.2. The molecule has 0 unspecified atom stereocenters. The molecule has 0 radical (unpaired) electrons. The molecule has 1 amide bonds. The summed E-state index contributed by atoms with van der Waals surface area (Å²) in [5, 5.41) is 17.2. The maximum absolute atomic E-state index is 12.6. The van der Waals surface area contributed by atoms with E-state index >= 15 is 0 Å². The number of amides is 1. The van der Waals surface area contributed by atoms with Crippen molar-refractivity contribution in [3.63, 3.8) is 0 Å². The highest BCUT2D eigenvalue weighted by atomic mass is 32.1. The molecule has 0 saturated heterocycles.